The number of halogens is 1. The Morgan fingerprint density at radius 2 is 1.64 bits per heavy atom. The van der Waals surface area contributed by atoms with Gasteiger partial charge in [-0.3, -0.25) is 9.59 Å². The van der Waals surface area contributed by atoms with Gasteiger partial charge in [-0.1, -0.05) is 29.8 Å². The standard InChI is InChI=1S/C28H35FN2O2/c1-22-7-5-8-24(21-22)28(27(33)31-17-3-2-4-18-31)14-19-30(20-15-28)16-6-9-26(32)23-10-12-25(29)13-11-23/h5,7-8,10-13,21H,2-4,6,9,14-20H2,1H3. The molecule has 33 heavy (non-hydrogen) atoms. The molecule has 0 radical (unpaired) electrons. The van der Waals surface area contributed by atoms with Crippen molar-refractivity contribution < 1.29 is 14.0 Å². The lowest BCUT2D eigenvalue weighted by Gasteiger charge is -2.44. The van der Waals surface area contributed by atoms with Crippen LogP contribution in [0.5, 0.6) is 0 Å². The molecule has 4 nitrogen and oxygen atoms in total. The number of ketones is 1. The largest absolute Gasteiger partial charge is 0.342 e. The Kier molecular flexibility index (Phi) is 7.59. The zero-order chi connectivity index (χ0) is 23.3. The molecule has 2 heterocycles. The van der Waals surface area contributed by atoms with Crippen molar-refractivity contribution in [2.45, 2.75) is 57.3 Å². The molecule has 1 amide bonds. The molecule has 0 bridgehead atoms. The predicted molar refractivity (Wildman–Crippen MR) is 129 cm³/mol. The summed E-state index contributed by atoms with van der Waals surface area (Å²) in [5.74, 6) is 0.0383. The number of aryl methyl sites for hydroxylation is 1. The number of hydrogen-bond donors (Lipinski definition) is 0. The molecule has 2 aromatic carbocycles. The number of hydrogen-bond acceptors (Lipinski definition) is 3. The molecule has 2 aliphatic heterocycles. The minimum absolute atomic E-state index is 0.0568. The summed E-state index contributed by atoms with van der Waals surface area (Å²) in [7, 11) is 0. The van der Waals surface area contributed by atoms with Crippen molar-refractivity contribution in [3.8, 4) is 0 Å². The maximum absolute atomic E-state index is 13.8. The smallest absolute Gasteiger partial charge is 0.233 e. The van der Waals surface area contributed by atoms with Gasteiger partial charge in [-0.05, 0) is 94.9 Å². The zero-order valence-electron chi connectivity index (χ0n) is 19.7. The van der Waals surface area contributed by atoms with Gasteiger partial charge in [-0.25, -0.2) is 4.39 Å². The number of carbonyl (C=O) groups is 2. The summed E-state index contributed by atoms with van der Waals surface area (Å²) in [6.45, 7) is 6.41. The SMILES string of the molecule is Cc1cccc(C2(C(=O)N3CCCCC3)CCN(CCCC(=O)c3ccc(F)cc3)CC2)c1. The highest BCUT2D eigenvalue weighted by molar-refractivity contribution is 5.96. The van der Waals surface area contributed by atoms with Crippen LogP contribution in [0.3, 0.4) is 0 Å². The average molecular weight is 451 g/mol. The maximum atomic E-state index is 13.8. The molecule has 2 aromatic rings. The second kappa shape index (κ2) is 10.6. The van der Waals surface area contributed by atoms with Crippen LogP contribution in [-0.4, -0.2) is 54.2 Å². The number of carbonyl (C=O) groups excluding carboxylic acids is 2. The fourth-order valence-electron chi connectivity index (χ4n) is 5.37. The van der Waals surface area contributed by atoms with Crippen molar-refractivity contribution in [3.63, 3.8) is 0 Å². The lowest BCUT2D eigenvalue weighted by Crippen LogP contribution is -2.54. The minimum Gasteiger partial charge on any atom is -0.342 e. The van der Waals surface area contributed by atoms with Crippen LogP contribution < -0.4 is 0 Å². The highest BCUT2D eigenvalue weighted by atomic mass is 19.1. The third kappa shape index (κ3) is 5.52. The van der Waals surface area contributed by atoms with Crippen LogP contribution in [0.4, 0.5) is 4.39 Å². The Labute approximate surface area is 196 Å². The molecule has 2 fully saturated rings. The second-order valence-electron chi connectivity index (χ2n) is 9.68. The van der Waals surface area contributed by atoms with E-state index in [1.165, 1.54) is 24.1 Å². The van der Waals surface area contributed by atoms with Gasteiger partial charge in [0.05, 0.1) is 5.41 Å². The Morgan fingerprint density at radius 1 is 0.939 bits per heavy atom. The summed E-state index contributed by atoms with van der Waals surface area (Å²) < 4.78 is 13.1. The van der Waals surface area contributed by atoms with Crippen molar-refractivity contribution in [1.82, 2.24) is 9.80 Å². The lowest BCUT2D eigenvalue weighted by atomic mass is 9.71. The Morgan fingerprint density at radius 3 is 2.30 bits per heavy atom. The third-order valence-electron chi connectivity index (χ3n) is 7.38. The Balaban J connectivity index is 1.38. The van der Waals surface area contributed by atoms with E-state index in [1.54, 1.807) is 12.1 Å². The Hall–Kier alpha value is -2.53. The van der Waals surface area contributed by atoms with Crippen LogP contribution in [0.15, 0.2) is 48.5 Å². The number of piperidine rings is 2. The first-order valence-corrected chi connectivity index (χ1v) is 12.4. The molecule has 0 saturated carbocycles. The normalized spacial score (nSPS) is 18.8. The monoisotopic (exact) mass is 450 g/mol. The van der Waals surface area contributed by atoms with Gasteiger partial charge in [0, 0.05) is 25.1 Å². The van der Waals surface area contributed by atoms with Crippen LogP contribution >= 0.6 is 0 Å². The molecule has 0 N–H and O–H groups in total. The van der Waals surface area contributed by atoms with Gasteiger partial charge in [0.25, 0.3) is 0 Å². The quantitative estimate of drug-likeness (QED) is 0.548. The molecule has 0 aromatic heterocycles. The van der Waals surface area contributed by atoms with Gasteiger partial charge in [0.15, 0.2) is 5.78 Å². The molecule has 2 saturated heterocycles. The molecule has 176 valence electrons. The van der Waals surface area contributed by atoms with Gasteiger partial charge >= 0.3 is 0 Å². The van der Waals surface area contributed by atoms with Crippen molar-refractivity contribution in [3.05, 3.63) is 71.0 Å². The van der Waals surface area contributed by atoms with Crippen LogP contribution in [0.1, 0.15) is 66.4 Å². The number of likely N-dealkylation sites (tertiary alicyclic amines) is 2. The first kappa shape index (κ1) is 23.6. The molecular weight excluding hydrogens is 415 g/mol. The molecule has 0 aliphatic carbocycles. The van der Waals surface area contributed by atoms with E-state index in [4.69, 9.17) is 0 Å². The summed E-state index contributed by atoms with van der Waals surface area (Å²) >= 11 is 0. The van der Waals surface area contributed by atoms with Crippen molar-refractivity contribution in [2.75, 3.05) is 32.7 Å². The number of amides is 1. The molecular formula is C28H35FN2O2. The van der Waals surface area contributed by atoms with Gasteiger partial charge in [-0.2, -0.15) is 0 Å². The zero-order valence-corrected chi connectivity index (χ0v) is 19.7. The van der Waals surface area contributed by atoms with E-state index in [0.717, 1.165) is 70.4 Å². The number of Topliss-reactive ketones (excluding diaryl/α,β-unsaturated/α-hetero) is 1. The third-order valence-corrected chi connectivity index (χ3v) is 7.38. The van der Waals surface area contributed by atoms with E-state index >= 15 is 0 Å². The summed E-state index contributed by atoms with van der Waals surface area (Å²) in [5, 5.41) is 0. The summed E-state index contributed by atoms with van der Waals surface area (Å²) in [5.41, 5.74) is 2.48. The van der Waals surface area contributed by atoms with Crippen molar-refractivity contribution in [2.24, 2.45) is 0 Å². The highest BCUT2D eigenvalue weighted by Crippen LogP contribution is 2.38. The number of nitrogens with zero attached hydrogens (tertiary/aromatic N) is 2. The molecule has 0 spiro atoms. The Bertz CT molecular complexity index is 958. The van der Waals surface area contributed by atoms with Gasteiger partial charge in [-0.15, -0.1) is 0 Å². The topological polar surface area (TPSA) is 40.6 Å². The van der Waals surface area contributed by atoms with E-state index in [-0.39, 0.29) is 11.6 Å². The van der Waals surface area contributed by atoms with Crippen LogP contribution in [0.2, 0.25) is 0 Å². The minimum atomic E-state index is -0.441. The van der Waals surface area contributed by atoms with Gasteiger partial charge < -0.3 is 9.80 Å². The molecule has 0 unspecified atom stereocenters. The highest BCUT2D eigenvalue weighted by Gasteiger charge is 2.45. The van der Waals surface area contributed by atoms with Gasteiger partial charge in [0.1, 0.15) is 5.82 Å². The van der Waals surface area contributed by atoms with E-state index in [2.05, 4.69) is 41.0 Å². The summed E-state index contributed by atoms with van der Waals surface area (Å²) in [6, 6.07) is 14.3. The molecule has 5 heteroatoms. The van der Waals surface area contributed by atoms with E-state index in [0.29, 0.717) is 17.9 Å². The molecule has 4 rings (SSSR count). The fourth-order valence-corrected chi connectivity index (χ4v) is 5.37. The van der Waals surface area contributed by atoms with Crippen LogP contribution in [-0.2, 0) is 10.2 Å². The predicted octanol–water partition coefficient (Wildman–Crippen LogP) is 5.14. The number of benzene rings is 2. The van der Waals surface area contributed by atoms with E-state index in [1.807, 2.05) is 0 Å². The first-order valence-electron chi connectivity index (χ1n) is 12.4. The maximum Gasteiger partial charge on any atom is 0.233 e. The van der Waals surface area contributed by atoms with Crippen LogP contribution in [0, 0.1) is 12.7 Å². The fraction of sp³-hybridized carbons (Fsp3) is 0.500. The van der Waals surface area contributed by atoms with Crippen molar-refractivity contribution >= 4 is 11.7 Å². The second-order valence-corrected chi connectivity index (χ2v) is 9.68. The van der Waals surface area contributed by atoms with Crippen molar-refractivity contribution in [1.29, 1.82) is 0 Å². The average Bonchev–Trinajstić information content (AvgIpc) is 2.85. The molecule has 0 atom stereocenters. The van der Waals surface area contributed by atoms with E-state index < -0.39 is 5.41 Å². The summed E-state index contributed by atoms with van der Waals surface area (Å²) in [4.78, 5) is 30.7. The van der Waals surface area contributed by atoms with Crippen LogP contribution in [0.25, 0.3) is 0 Å². The van der Waals surface area contributed by atoms with Gasteiger partial charge in [0.2, 0.25) is 5.91 Å². The first-order chi connectivity index (χ1) is 16.0. The van der Waals surface area contributed by atoms with E-state index in [9.17, 15) is 14.0 Å². The lowest BCUT2D eigenvalue weighted by molar-refractivity contribution is -0.140. The summed E-state index contributed by atoms with van der Waals surface area (Å²) in [6.07, 6.45) is 6.28. The molecule has 2 aliphatic rings. The number of rotatable bonds is 7.